The fourth-order valence-electron chi connectivity index (χ4n) is 1.08. The molecule has 0 saturated carbocycles. The van der Waals surface area contributed by atoms with Gasteiger partial charge in [0.05, 0.1) is 20.1 Å². The normalized spacial score (nSPS) is 11.1. The number of carboxylic acids is 1. The van der Waals surface area contributed by atoms with Gasteiger partial charge in [0.2, 0.25) is 5.91 Å². The lowest BCUT2D eigenvalue weighted by Gasteiger charge is -2.13. The van der Waals surface area contributed by atoms with Gasteiger partial charge in [0.25, 0.3) is 0 Å². The van der Waals surface area contributed by atoms with Crippen molar-refractivity contribution in [2.75, 3.05) is 20.2 Å². The van der Waals surface area contributed by atoms with E-state index in [1.165, 1.54) is 0 Å². The summed E-state index contributed by atoms with van der Waals surface area (Å²) in [5, 5.41) is 15.5. The predicted octanol–water partition coefficient (Wildman–Crippen LogP) is -1.56. The first-order valence-corrected chi connectivity index (χ1v) is 5.51. The Balaban J connectivity index is 4.21. The average Bonchev–Trinajstić information content (AvgIpc) is 2.35. The van der Waals surface area contributed by atoms with E-state index in [2.05, 4.69) is 15.4 Å². The summed E-state index contributed by atoms with van der Waals surface area (Å²) in [7, 11) is 1.11. The Morgan fingerprint density at radius 1 is 1.21 bits per heavy atom. The van der Waals surface area contributed by atoms with Gasteiger partial charge in [-0.3, -0.25) is 9.59 Å². The van der Waals surface area contributed by atoms with Gasteiger partial charge < -0.3 is 25.8 Å². The number of carboxylic acid groups (broad SMARTS) is 1. The standard InChI is InChI=1S/C10H17N3O6/c1-3-11-7(14)5-12-10(18)13-6(9(16)17)4-8(15)19-2/h6H,3-5H2,1-2H3,(H,11,14)(H,16,17)(H2,12,13,18)/t6-/m0/s1. The summed E-state index contributed by atoms with van der Waals surface area (Å²) in [6, 6.07) is -2.27. The van der Waals surface area contributed by atoms with Crippen LogP contribution in [0.2, 0.25) is 0 Å². The summed E-state index contributed by atoms with van der Waals surface area (Å²) >= 11 is 0. The van der Waals surface area contributed by atoms with Crippen LogP contribution >= 0.6 is 0 Å². The van der Waals surface area contributed by atoms with E-state index >= 15 is 0 Å². The smallest absolute Gasteiger partial charge is 0.326 e. The monoisotopic (exact) mass is 275 g/mol. The summed E-state index contributed by atoms with van der Waals surface area (Å²) in [4.78, 5) is 44.1. The van der Waals surface area contributed by atoms with Crippen LogP contribution in [0.5, 0.6) is 0 Å². The molecule has 0 rings (SSSR count). The molecule has 1 atom stereocenters. The Bertz CT molecular complexity index is 357. The molecule has 0 saturated heterocycles. The van der Waals surface area contributed by atoms with Crippen molar-refractivity contribution < 1.29 is 29.0 Å². The number of esters is 1. The molecule has 3 amide bonds. The molecule has 108 valence electrons. The third kappa shape index (κ3) is 7.58. The van der Waals surface area contributed by atoms with Gasteiger partial charge in [-0.2, -0.15) is 0 Å². The van der Waals surface area contributed by atoms with E-state index in [0.29, 0.717) is 6.54 Å². The van der Waals surface area contributed by atoms with Crippen molar-refractivity contribution in [3.63, 3.8) is 0 Å². The van der Waals surface area contributed by atoms with Gasteiger partial charge in [-0.1, -0.05) is 0 Å². The van der Waals surface area contributed by atoms with Crippen LogP contribution in [0.4, 0.5) is 4.79 Å². The minimum absolute atomic E-state index is 0.287. The summed E-state index contributed by atoms with van der Waals surface area (Å²) in [6.45, 7) is 1.85. The third-order valence-electron chi connectivity index (χ3n) is 1.99. The summed E-state index contributed by atoms with van der Waals surface area (Å²) in [5.41, 5.74) is 0. The lowest BCUT2D eigenvalue weighted by Crippen LogP contribution is -2.49. The highest BCUT2D eigenvalue weighted by atomic mass is 16.5. The molecule has 0 fully saturated rings. The zero-order chi connectivity index (χ0) is 14.8. The van der Waals surface area contributed by atoms with Crippen molar-refractivity contribution in [2.45, 2.75) is 19.4 Å². The molecular weight excluding hydrogens is 258 g/mol. The van der Waals surface area contributed by atoms with Crippen LogP contribution < -0.4 is 16.0 Å². The Morgan fingerprint density at radius 3 is 2.32 bits per heavy atom. The number of hydrogen-bond acceptors (Lipinski definition) is 5. The lowest BCUT2D eigenvalue weighted by atomic mass is 10.2. The van der Waals surface area contributed by atoms with E-state index in [0.717, 1.165) is 7.11 Å². The second kappa shape index (κ2) is 8.72. The fourth-order valence-corrected chi connectivity index (χ4v) is 1.08. The van der Waals surface area contributed by atoms with E-state index in [1.54, 1.807) is 6.92 Å². The predicted molar refractivity (Wildman–Crippen MR) is 63.3 cm³/mol. The van der Waals surface area contributed by atoms with Crippen LogP contribution in [0, 0.1) is 0 Å². The second-order valence-corrected chi connectivity index (χ2v) is 3.45. The minimum atomic E-state index is -1.42. The highest BCUT2D eigenvalue weighted by molar-refractivity contribution is 5.88. The minimum Gasteiger partial charge on any atom is -0.480 e. The van der Waals surface area contributed by atoms with E-state index < -0.39 is 36.3 Å². The highest BCUT2D eigenvalue weighted by Crippen LogP contribution is 1.94. The van der Waals surface area contributed by atoms with E-state index in [4.69, 9.17) is 5.11 Å². The number of hydrogen-bond donors (Lipinski definition) is 4. The number of likely N-dealkylation sites (N-methyl/N-ethyl adjacent to an activating group) is 1. The van der Waals surface area contributed by atoms with Gasteiger partial charge in [0, 0.05) is 6.54 Å². The zero-order valence-electron chi connectivity index (χ0n) is 10.7. The largest absolute Gasteiger partial charge is 0.480 e. The van der Waals surface area contributed by atoms with Crippen LogP contribution in [-0.2, 0) is 19.1 Å². The molecule has 0 spiro atoms. The Labute approximate surface area is 109 Å². The van der Waals surface area contributed by atoms with Gasteiger partial charge in [0.15, 0.2) is 0 Å². The topological polar surface area (TPSA) is 134 Å². The zero-order valence-corrected chi connectivity index (χ0v) is 10.7. The van der Waals surface area contributed by atoms with Crippen LogP contribution in [0.1, 0.15) is 13.3 Å². The van der Waals surface area contributed by atoms with Crippen molar-refractivity contribution in [3.05, 3.63) is 0 Å². The van der Waals surface area contributed by atoms with Gasteiger partial charge in [-0.25, -0.2) is 9.59 Å². The highest BCUT2D eigenvalue weighted by Gasteiger charge is 2.23. The first kappa shape index (κ1) is 16.7. The molecular formula is C10H17N3O6. The Hall–Kier alpha value is -2.32. The Morgan fingerprint density at radius 2 is 1.84 bits per heavy atom. The first-order chi connectivity index (χ1) is 8.90. The number of aliphatic carboxylic acids is 1. The molecule has 0 heterocycles. The number of methoxy groups -OCH3 is 1. The van der Waals surface area contributed by atoms with Crippen molar-refractivity contribution in [1.82, 2.24) is 16.0 Å². The maximum Gasteiger partial charge on any atom is 0.326 e. The molecule has 4 N–H and O–H groups in total. The molecule has 9 heteroatoms. The van der Waals surface area contributed by atoms with Crippen LogP contribution in [-0.4, -0.2) is 55.2 Å². The van der Waals surface area contributed by atoms with E-state index in [9.17, 15) is 19.2 Å². The lowest BCUT2D eigenvalue weighted by molar-refractivity contribution is -0.147. The number of carbonyl (C=O) groups is 4. The molecule has 0 bridgehead atoms. The summed E-state index contributed by atoms with van der Waals surface area (Å²) < 4.78 is 4.30. The molecule has 19 heavy (non-hydrogen) atoms. The molecule has 0 aromatic heterocycles. The van der Waals surface area contributed by atoms with E-state index in [-0.39, 0.29) is 6.54 Å². The fraction of sp³-hybridized carbons (Fsp3) is 0.600. The SMILES string of the molecule is CCNC(=O)CNC(=O)N[C@@H](CC(=O)OC)C(=O)O. The van der Waals surface area contributed by atoms with E-state index in [1.807, 2.05) is 5.32 Å². The number of ether oxygens (including phenoxy) is 1. The van der Waals surface area contributed by atoms with Crippen molar-refractivity contribution in [1.29, 1.82) is 0 Å². The molecule has 0 radical (unpaired) electrons. The van der Waals surface area contributed by atoms with Gasteiger partial charge in [0.1, 0.15) is 6.04 Å². The quantitative estimate of drug-likeness (QED) is 0.415. The van der Waals surface area contributed by atoms with Crippen LogP contribution in [0.25, 0.3) is 0 Å². The van der Waals surface area contributed by atoms with Crippen molar-refractivity contribution in [2.24, 2.45) is 0 Å². The summed E-state index contributed by atoms with van der Waals surface area (Å²) in [5.74, 6) is -2.55. The Kier molecular flexibility index (Phi) is 7.66. The average molecular weight is 275 g/mol. The van der Waals surface area contributed by atoms with Crippen molar-refractivity contribution in [3.8, 4) is 0 Å². The molecule has 0 aliphatic rings. The molecule has 0 aliphatic heterocycles. The molecule has 0 aliphatic carbocycles. The second-order valence-electron chi connectivity index (χ2n) is 3.45. The van der Waals surface area contributed by atoms with Crippen LogP contribution in [0.15, 0.2) is 0 Å². The van der Waals surface area contributed by atoms with Gasteiger partial charge >= 0.3 is 18.0 Å². The molecule has 0 unspecified atom stereocenters. The van der Waals surface area contributed by atoms with Gasteiger partial charge in [-0.15, -0.1) is 0 Å². The van der Waals surface area contributed by atoms with Gasteiger partial charge in [-0.05, 0) is 6.92 Å². The molecule has 9 nitrogen and oxygen atoms in total. The molecule has 0 aromatic carbocycles. The third-order valence-corrected chi connectivity index (χ3v) is 1.99. The number of rotatable bonds is 7. The number of nitrogens with one attached hydrogen (secondary N) is 3. The van der Waals surface area contributed by atoms with Crippen LogP contribution in [0.3, 0.4) is 0 Å². The number of urea groups is 1. The number of amides is 3. The molecule has 0 aromatic rings. The maximum absolute atomic E-state index is 11.3. The first-order valence-electron chi connectivity index (χ1n) is 5.51. The van der Waals surface area contributed by atoms with Crippen molar-refractivity contribution >= 4 is 23.9 Å². The maximum atomic E-state index is 11.3. The summed E-state index contributed by atoms with van der Waals surface area (Å²) in [6.07, 6.45) is -0.500. The number of carbonyl (C=O) groups excluding carboxylic acids is 3.